The summed E-state index contributed by atoms with van der Waals surface area (Å²) in [4.78, 5) is 1.97. The zero-order valence-electron chi connectivity index (χ0n) is 56.2. The van der Waals surface area contributed by atoms with E-state index < -0.39 is 40.0 Å². The number of rotatable bonds is 18. The molecule has 0 spiro atoms. The van der Waals surface area contributed by atoms with Crippen molar-refractivity contribution in [2.45, 2.75) is 30.6 Å². The van der Waals surface area contributed by atoms with Crippen LogP contribution in [0, 0.1) is 30.2 Å². The van der Waals surface area contributed by atoms with Crippen LogP contribution in [-0.2, 0) is 10.8 Å². The highest BCUT2D eigenvalue weighted by Gasteiger charge is 2.48. The number of anilines is 3. The first-order chi connectivity index (χ1) is 49.8. The van der Waals surface area contributed by atoms with Gasteiger partial charge in [0.25, 0.3) is 0 Å². The summed E-state index contributed by atoms with van der Waals surface area (Å²) >= 11 is 0. The SMILES string of the molecule is C=Cc1ccc(Oc2ccc(C3(c4cccc(C(=C)C)c4)c4ccccc4-c4ccc(C(c5ccc(-c6ccc(N(c7ccc(F)c(F)c7)c7ccc8c(c7)C(c7ccc(Oc9ccc(C=C)cc9)cc7)(c7cccc(C)c7)c7ccccc7-8)cc6)cc5)c5ccc(F)c(F)c5)cc43)cc2)cc1. The summed E-state index contributed by atoms with van der Waals surface area (Å²) in [6, 6.07) is 104. The van der Waals surface area contributed by atoms with E-state index in [1.165, 1.54) is 24.3 Å². The molecule has 0 bridgehead atoms. The number of halogens is 4. The van der Waals surface area contributed by atoms with Crippen LogP contribution >= 0.6 is 0 Å². The summed E-state index contributed by atoms with van der Waals surface area (Å²) in [5, 5.41) is 0. The Morgan fingerprint density at radius 2 is 0.775 bits per heavy atom. The Balaban J connectivity index is 0.781. The molecule has 14 aromatic carbocycles. The number of fused-ring (bicyclic) bond motifs is 6. The van der Waals surface area contributed by atoms with Gasteiger partial charge >= 0.3 is 0 Å². The molecule has 2 aliphatic rings. The summed E-state index contributed by atoms with van der Waals surface area (Å²) < 4.78 is 74.6. The molecule has 0 aromatic heterocycles. The second-order valence-corrected chi connectivity index (χ2v) is 26.4. The minimum atomic E-state index is -0.974. The van der Waals surface area contributed by atoms with Gasteiger partial charge in [-0.25, -0.2) is 17.6 Å². The molecular formula is C95H67F4NO2. The first-order valence-corrected chi connectivity index (χ1v) is 34.0. The van der Waals surface area contributed by atoms with E-state index in [-0.39, 0.29) is 0 Å². The van der Waals surface area contributed by atoms with Crippen LogP contribution in [0.25, 0.3) is 51.1 Å². The minimum Gasteiger partial charge on any atom is -0.457 e. The molecule has 3 nitrogen and oxygen atoms in total. The maximum absolute atomic E-state index is 15.8. The summed E-state index contributed by atoms with van der Waals surface area (Å²) in [6.45, 7) is 16.3. The first-order valence-electron chi connectivity index (χ1n) is 34.0. The Morgan fingerprint density at radius 3 is 1.30 bits per heavy atom. The summed E-state index contributed by atoms with van der Waals surface area (Å²) in [6.07, 6.45) is 3.60. The summed E-state index contributed by atoms with van der Waals surface area (Å²) in [5.74, 6) is -1.58. The molecule has 102 heavy (non-hydrogen) atoms. The highest BCUT2D eigenvalue weighted by atomic mass is 19.2. The van der Waals surface area contributed by atoms with Gasteiger partial charge in [-0.1, -0.05) is 249 Å². The smallest absolute Gasteiger partial charge is 0.160 e. The average molecular weight is 1330 g/mol. The predicted molar refractivity (Wildman–Crippen MR) is 407 cm³/mol. The quantitative estimate of drug-likeness (QED) is 0.0631. The standard InChI is InChI=1S/C95H67F4NO2/c1-6-62-22-42-77(43-23-62)101-79-46-34-70(35-47-79)94(72-16-12-14-61(5)54-72)85-20-10-9-19-82(85)84-51-40-75(58-88(84)94)100(76-41-53-90(97)92(99)59-76)74-38-30-65(31-39-74)64-26-28-66(29-27-64)93(69-33-52-89(96)91(98)57-69)68-32-50-83-81-18-8-11-21-86(81)95(87(83)56-68,73-17-13-15-67(55-73)60(3)4)71-36-48-80(49-37-71)102-78-44-24-63(7-2)25-45-78/h6-59,93H,1-3H2,4-5H3. The Labute approximate surface area is 592 Å². The fraction of sp³-hybridized carbons (Fsp3) is 0.0526. The van der Waals surface area contributed by atoms with Crippen molar-refractivity contribution in [1.82, 2.24) is 0 Å². The van der Waals surface area contributed by atoms with Crippen LogP contribution in [-0.4, -0.2) is 0 Å². The number of aryl methyl sites for hydroxylation is 1. The Morgan fingerprint density at radius 1 is 0.353 bits per heavy atom. The van der Waals surface area contributed by atoms with Crippen LogP contribution in [0.1, 0.15) is 96.3 Å². The molecule has 16 rings (SSSR count). The Kier molecular flexibility index (Phi) is 16.5. The van der Waals surface area contributed by atoms with Gasteiger partial charge in [0.15, 0.2) is 23.3 Å². The minimum absolute atomic E-state index is 0.427. The van der Waals surface area contributed by atoms with Gasteiger partial charge in [0.05, 0.1) is 10.8 Å². The lowest BCUT2D eigenvalue weighted by Gasteiger charge is -2.35. The number of nitrogens with zero attached hydrogens (tertiary/aromatic N) is 1. The van der Waals surface area contributed by atoms with Gasteiger partial charge in [-0.05, 0) is 228 Å². The van der Waals surface area contributed by atoms with Crippen molar-refractivity contribution in [3.8, 4) is 56.4 Å². The molecule has 2 aliphatic carbocycles. The maximum Gasteiger partial charge on any atom is 0.160 e. The van der Waals surface area contributed by atoms with Crippen molar-refractivity contribution in [3.63, 3.8) is 0 Å². The second-order valence-electron chi connectivity index (χ2n) is 26.4. The topological polar surface area (TPSA) is 21.7 Å². The van der Waals surface area contributed by atoms with Gasteiger partial charge < -0.3 is 14.4 Å². The second kappa shape index (κ2) is 26.3. The molecule has 0 amide bonds. The van der Waals surface area contributed by atoms with Crippen molar-refractivity contribution in [3.05, 3.63) is 442 Å². The predicted octanol–water partition coefficient (Wildman–Crippen LogP) is 25.5. The van der Waals surface area contributed by atoms with E-state index >= 15 is 17.6 Å². The highest BCUT2D eigenvalue weighted by Crippen LogP contribution is 2.60. The van der Waals surface area contributed by atoms with E-state index in [1.54, 1.807) is 24.3 Å². The molecule has 14 aromatic rings. The van der Waals surface area contributed by atoms with Crippen LogP contribution < -0.4 is 14.4 Å². The van der Waals surface area contributed by atoms with Crippen LogP contribution in [0.4, 0.5) is 34.6 Å². The van der Waals surface area contributed by atoms with Gasteiger partial charge in [0.1, 0.15) is 23.0 Å². The van der Waals surface area contributed by atoms with E-state index in [4.69, 9.17) is 9.47 Å². The molecule has 0 aliphatic heterocycles. The largest absolute Gasteiger partial charge is 0.457 e. The molecule has 0 saturated heterocycles. The molecule has 0 fully saturated rings. The first kappa shape index (κ1) is 64.1. The fourth-order valence-electron chi connectivity index (χ4n) is 15.5. The van der Waals surface area contributed by atoms with Crippen molar-refractivity contribution < 1.29 is 27.0 Å². The molecule has 0 saturated carbocycles. The van der Waals surface area contributed by atoms with E-state index in [1.807, 2.05) is 115 Å². The average Bonchev–Trinajstić information content (AvgIpc) is 1.53. The van der Waals surface area contributed by atoms with Crippen LogP contribution in [0.5, 0.6) is 23.0 Å². The lowest BCUT2D eigenvalue weighted by atomic mass is 9.66. The van der Waals surface area contributed by atoms with Crippen LogP contribution in [0.2, 0.25) is 0 Å². The molecular weight excluding hydrogens is 1260 g/mol. The fourth-order valence-corrected chi connectivity index (χ4v) is 15.5. The van der Waals surface area contributed by atoms with Crippen LogP contribution in [0.15, 0.2) is 335 Å². The van der Waals surface area contributed by atoms with Gasteiger partial charge in [-0.3, -0.25) is 0 Å². The monoisotopic (exact) mass is 1330 g/mol. The third kappa shape index (κ3) is 11.2. The molecule has 7 heteroatoms. The third-order valence-electron chi connectivity index (χ3n) is 20.3. The number of ether oxygens (including phenoxy) is 2. The van der Waals surface area contributed by atoms with Gasteiger partial charge in [0, 0.05) is 29.0 Å². The zero-order chi connectivity index (χ0) is 69.8. The maximum atomic E-state index is 15.8. The van der Waals surface area contributed by atoms with E-state index in [9.17, 15) is 0 Å². The lowest BCUT2D eigenvalue weighted by molar-refractivity contribution is 0.482. The lowest BCUT2D eigenvalue weighted by Crippen LogP contribution is -2.29. The van der Waals surface area contributed by atoms with E-state index in [2.05, 4.69) is 203 Å². The highest BCUT2D eigenvalue weighted by molar-refractivity contribution is 5.91. The molecule has 492 valence electrons. The van der Waals surface area contributed by atoms with Gasteiger partial charge in [-0.15, -0.1) is 0 Å². The normalized spacial score (nSPS) is 14.9. The number of hydrogen-bond acceptors (Lipinski definition) is 3. The molecule has 0 radical (unpaired) electrons. The van der Waals surface area contributed by atoms with Crippen molar-refractivity contribution in [2.75, 3.05) is 4.90 Å². The number of hydrogen-bond donors (Lipinski definition) is 0. The molecule has 3 unspecified atom stereocenters. The van der Waals surface area contributed by atoms with E-state index in [0.717, 1.165) is 123 Å². The van der Waals surface area contributed by atoms with Crippen molar-refractivity contribution >= 4 is 34.8 Å². The summed E-state index contributed by atoms with van der Waals surface area (Å²) in [5.41, 5.74) is 22.0. The molecule has 3 atom stereocenters. The molecule has 0 heterocycles. The summed E-state index contributed by atoms with van der Waals surface area (Å²) in [7, 11) is 0. The zero-order valence-corrected chi connectivity index (χ0v) is 56.2. The Hall–Kier alpha value is -12.6. The van der Waals surface area contributed by atoms with Gasteiger partial charge in [-0.2, -0.15) is 0 Å². The third-order valence-corrected chi connectivity index (χ3v) is 20.3. The van der Waals surface area contributed by atoms with Crippen molar-refractivity contribution in [2.24, 2.45) is 0 Å². The van der Waals surface area contributed by atoms with Gasteiger partial charge in [0.2, 0.25) is 0 Å². The number of benzene rings is 14. The van der Waals surface area contributed by atoms with E-state index in [0.29, 0.717) is 39.9 Å². The number of allylic oxidation sites excluding steroid dienone is 1. The van der Waals surface area contributed by atoms with Crippen molar-refractivity contribution in [1.29, 1.82) is 0 Å². The molecule has 0 N–H and O–H groups in total. The van der Waals surface area contributed by atoms with Crippen LogP contribution in [0.3, 0.4) is 0 Å². The Bertz CT molecular complexity index is 5590.